The van der Waals surface area contributed by atoms with Gasteiger partial charge in [-0.2, -0.15) is 5.10 Å². The highest BCUT2D eigenvalue weighted by molar-refractivity contribution is 6.30. The molecule has 4 rings (SSSR count). The summed E-state index contributed by atoms with van der Waals surface area (Å²) in [5.41, 5.74) is 3.25. The van der Waals surface area contributed by atoms with Crippen molar-refractivity contribution in [3.8, 4) is 0 Å². The van der Waals surface area contributed by atoms with Crippen molar-refractivity contribution in [3.05, 3.63) is 100 Å². The number of aromatic nitrogens is 2. The van der Waals surface area contributed by atoms with Gasteiger partial charge < -0.3 is 10.4 Å². The Labute approximate surface area is 177 Å². The molecule has 0 aliphatic heterocycles. The second-order valence-corrected chi connectivity index (χ2v) is 7.27. The van der Waals surface area contributed by atoms with Crippen LogP contribution in [0.3, 0.4) is 0 Å². The first-order chi connectivity index (χ1) is 14.5. The van der Waals surface area contributed by atoms with Gasteiger partial charge >= 0.3 is 5.97 Å². The molecule has 150 valence electrons. The summed E-state index contributed by atoms with van der Waals surface area (Å²) in [6, 6.07) is 21.5. The van der Waals surface area contributed by atoms with Gasteiger partial charge in [0.15, 0.2) is 5.69 Å². The predicted molar refractivity (Wildman–Crippen MR) is 115 cm³/mol. The van der Waals surface area contributed by atoms with E-state index in [-0.39, 0.29) is 18.0 Å². The summed E-state index contributed by atoms with van der Waals surface area (Å²) in [5.74, 6) is -1.27. The first kappa shape index (κ1) is 19.7. The van der Waals surface area contributed by atoms with E-state index in [1.165, 1.54) is 12.1 Å². The van der Waals surface area contributed by atoms with Crippen LogP contribution in [-0.2, 0) is 13.1 Å². The number of hydrogen-bond donors (Lipinski definition) is 2. The van der Waals surface area contributed by atoms with Crippen LogP contribution in [-0.4, -0.2) is 26.8 Å². The van der Waals surface area contributed by atoms with Gasteiger partial charge in [-0.15, -0.1) is 0 Å². The monoisotopic (exact) mass is 419 g/mol. The van der Waals surface area contributed by atoms with E-state index < -0.39 is 5.97 Å². The molecule has 30 heavy (non-hydrogen) atoms. The number of benzene rings is 3. The van der Waals surface area contributed by atoms with Gasteiger partial charge in [0.05, 0.1) is 17.6 Å². The van der Waals surface area contributed by atoms with E-state index in [2.05, 4.69) is 10.4 Å². The highest BCUT2D eigenvalue weighted by Crippen LogP contribution is 2.20. The third kappa shape index (κ3) is 4.18. The highest BCUT2D eigenvalue weighted by Gasteiger charge is 2.17. The smallest absolute Gasteiger partial charge is 0.335 e. The molecule has 0 fully saturated rings. The van der Waals surface area contributed by atoms with Gasteiger partial charge in [-0.05, 0) is 41.5 Å². The summed E-state index contributed by atoms with van der Waals surface area (Å²) in [5, 5.41) is 17.8. The van der Waals surface area contributed by atoms with Crippen LogP contribution in [0.15, 0.2) is 72.8 Å². The lowest BCUT2D eigenvalue weighted by atomic mass is 10.1. The molecule has 0 bridgehead atoms. The van der Waals surface area contributed by atoms with Crippen molar-refractivity contribution in [2.75, 3.05) is 0 Å². The van der Waals surface area contributed by atoms with Crippen LogP contribution in [0.25, 0.3) is 10.9 Å². The van der Waals surface area contributed by atoms with Crippen LogP contribution >= 0.6 is 11.6 Å². The van der Waals surface area contributed by atoms with Gasteiger partial charge in [0, 0.05) is 17.0 Å². The maximum absolute atomic E-state index is 12.8. The SMILES string of the molecule is O=C(O)c1ccc(CNC(=O)c2nn(Cc3ccc(Cl)cc3)c3ccccc23)cc1. The largest absolute Gasteiger partial charge is 0.478 e. The Morgan fingerprint density at radius 1 is 0.933 bits per heavy atom. The number of carboxylic acids is 1. The third-order valence-corrected chi connectivity index (χ3v) is 5.02. The number of halogens is 1. The van der Waals surface area contributed by atoms with Crippen LogP contribution in [0.1, 0.15) is 32.0 Å². The fourth-order valence-electron chi connectivity index (χ4n) is 3.21. The molecule has 0 saturated heterocycles. The minimum absolute atomic E-state index is 0.206. The number of para-hydroxylation sites is 1. The van der Waals surface area contributed by atoms with Crippen LogP contribution in [0.2, 0.25) is 5.02 Å². The average Bonchev–Trinajstić information content (AvgIpc) is 3.12. The molecule has 4 aromatic rings. The average molecular weight is 420 g/mol. The normalized spacial score (nSPS) is 10.8. The maximum Gasteiger partial charge on any atom is 0.335 e. The molecule has 0 unspecified atom stereocenters. The molecule has 3 aromatic carbocycles. The van der Waals surface area contributed by atoms with Crippen LogP contribution in [0, 0.1) is 0 Å². The number of rotatable bonds is 6. The molecule has 0 spiro atoms. The van der Waals surface area contributed by atoms with Gasteiger partial charge in [0.1, 0.15) is 0 Å². The van der Waals surface area contributed by atoms with Crippen molar-refractivity contribution in [2.45, 2.75) is 13.1 Å². The minimum Gasteiger partial charge on any atom is -0.478 e. The molecule has 0 aliphatic rings. The van der Waals surface area contributed by atoms with E-state index in [1.54, 1.807) is 16.8 Å². The van der Waals surface area contributed by atoms with E-state index in [0.29, 0.717) is 17.3 Å². The van der Waals surface area contributed by atoms with Crippen LogP contribution < -0.4 is 5.32 Å². The molecular weight excluding hydrogens is 402 g/mol. The van der Waals surface area contributed by atoms with E-state index in [1.807, 2.05) is 48.5 Å². The van der Waals surface area contributed by atoms with Crippen molar-refractivity contribution in [1.29, 1.82) is 0 Å². The number of fused-ring (bicyclic) bond motifs is 1. The number of nitrogens with zero attached hydrogens (tertiary/aromatic N) is 2. The number of aromatic carboxylic acids is 1. The molecule has 0 atom stereocenters. The quantitative estimate of drug-likeness (QED) is 0.486. The van der Waals surface area contributed by atoms with Crippen molar-refractivity contribution >= 4 is 34.4 Å². The lowest BCUT2D eigenvalue weighted by molar-refractivity contribution is 0.0696. The van der Waals surface area contributed by atoms with E-state index >= 15 is 0 Å². The Morgan fingerprint density at radius 2 is 1.60 bits per heavy atom. The summed E-state index contributed by atoms with van der Waals surface area (Å²) < 4.78 is 1.80. The van der Waals surface area contributed by atoms with Crippen molar-refractivity contribution in [3.63, 3.8) is 0 Å². The first-order valence-corrected chi connectivity index (χ1v) is 9.69. The molecule has 1 heterocycles. The number of hydrogen-bond acceptors (Lipinski definition) is 3. The Morgan fingerprint density at radius 3 is 2.30 bits per heavy atom. The van der Waals surface area contributed by atoms with Gasteiger partial charge in [-0.25, -0.2) is 4.79 Å². The fraction of sp³-hybridized carbons (Fsp3) is 0.0870. The van der Waals surface area contributed by atoms with Crippen molar-refractivity contribution in [1.82, 2.24) is 15.1 Å². The highest BCUT2D eigenvalue weighted by atomic mass is 35.5. The topological polar surface area (TPSA) is 84.2 Å². The lowest BCUT2D eigenvalue weighted by Gasteiger charge is -2.05. The van der Waals surface area contributed by atoms with Gasteiger partial charge in [-0.3, -0.25) is 9.48 Å². The summed E-state index contributed by atoms with van der Waals surface area (Å²) in [7, 11) is 0. The second kappa shape index (κ2) is 8.39. The molecule has 7 heteroatoms. The van der Waals surface area contributed by atoms with Gasteiger partial charge in [0.2, 0.25) is 0 Å². The molecule has 6 nitrogen and oxygen atoms in total. The van der Waals surface area contributed by atoms with Crippen LogP contribution in [0.5, 0.6) is 0 Å². The number of carbonyl (C=O) groups excluding carboxylic acids is 1. The Balaban J connectivity index is 1.55. The van der Waals surface area contributed by atoms with E-state index in [9.17, 15) is 9.59 Å². The van der Waals surface area contributed by atoms with Crippen molar-refractivity contribution in [2.24, 2.45) is 0 Å². The van der Waals surface area contributed by atoms with Gasteiger partial charge in [-0.1, -0.05) is 54.1 Å². The Bertz CT molecular complexity index is 1210. The number of nitrogens with one attached hydrogen (secondary N) is 1. The second-order valence-electron chi connectivity index (χ2n) is 6.83. The van der Waals surface area contributed by atoms with Gasteiger partial charge in [0.25, 0.3) is 5.91 Å². The summed E-state index contributed by atoms with van der Waals surface area (Å²) >= 11 is 5.96. The van der Waals surface area contributed by atoms with E-state index in [0.717, 1.165) is 22.0 Å². The molecule has 1 amide bonds. The summed E-state index contributed by atoms with van der Waals surface area (Å²) in [4.78, 5) is 23.8. The molecule has 2 N–H and O–H groups in total. The number of carbonyl (C=O) groups is 2. The van der Waals surface area contributed by atoms with Crippen LogP contribution in [0.4, 0.5) is 0 Å². The maximum atomic E-state index is 12.8. The Hall–Kier alpha value is -3.64. The zero-order valence-corrected chi connectivity index (χ0v) is 16.6. The summed E-state index contributed by atoms with van der Waals surface area (Å²) in [6.45, 7) is 0.790. The number of amides is 1. The fourth-order valence-corrected chi connectivity index (χ4v) is 3.34. The van der Waals surface area contributed by atoms with E-state index in [4.69, 9.17) is 16.7 Å². The standard InChI is InChI=1S/C23H18ClN3O3/c24-18-11-7-16(8-12-18)14-27-20-4-2-1-3-19(20)21(26-27)22(28)25-13-15-5-9-17(10-6-15)23(29)30/h1-12H,13-14H2,(H,25,28)(H,29,30). The van der Waals surface area contributed by atoms with Crippen molar-refractivity contribution < 1.29 is 14.7 Å². The third-order valence-electron chi connectivity index (χ3n) is 4.77. The zero-order chi connectivity index (χ0) is 21.1. The predicted octanol–water partition coefficient (Wildman–Crippen LogP) is 4.37. The zero-order valence-electron chi connectivity index (χ0n) is 15.9. The molecule has 0 saturated carbocycles. The molecule has 0 radical (unpaired) electrons. The lowest BCUT2D eigenvalue weighted by Crippen LogP contribution is -2.23. The molecule has 0 aliphatic carbocycles. The minimum atomic E-state index is -0.983. The summed E-state index contributed by atoms with van der Waals surface area (Å²) in [6.07, 6.45) is 0. The molecule has 1 aromatic heterocycles. The molecular formula is C23H18ClN3O3. The first-order valence-electron chi connectivity index (χ1n) is 9.32. The number of carboxylic acid groups (broad SMARTS) is 1. The Kier molecular flexibility index (Phi) is 5.50.